The van der Waals surface area contributed by atoms with Crippen LogP contribution in [0.5, 0.6) is 5.75 Å². The lowest BCUT2D eigenvalue weighted by atomic mass is 9.81. The largest absolute Gasteiger partial charge is 0.496 e. The van der Waals surface area contributed by atoms with Gasteiger partial charge >= 0.3 is 0 Å². The number of nitrogens with two attached hydrogens (primary N) is 1. The van der Waals surface area contributed by atoms with Gasteiger partial charge in [0.1, 0.15) is 11.6 Å². The molecule has 0 aromatic heterocycles. The zero-order valence-corrected chi connectivity index (χ0v) is 13.2. The summed E-state index contributed by atoms with van der Waals surface area (Å²) in [5.74, 6) is -0.115. The molecule has 0 saturated carbocycles. The number of carbonyl (C=O) groups is 1. The normalized spacial score (nSPS) is 12.9. The quantitative estimate of drug-likeness (QED) is 0.813. The predicted octanol–water partition coefficient (Wildman–Crippen LogP) is 2.78. The first kappa shape index (κ1) is 17.4. The van der Waals surface area contributed by atoms with Crippen molar-refractivity contribution in [3.05, 3.63) is 29.6 Å². The van der Waals surface area contributed by atoms with Gasteiger partial charge in [-0.05, 0) is 31.9 Å². The highest BCUT2D eigenvalue weighted by Crippen LogP contribution is 2.30. The molecule has 0 saturated heterocycles. The number of amides is 1. The Morgan fingerprint density at radius 3 is 2.52 bits per heavy atom. The number of ether oxygens (including phenoxy) is 1. The van der Waals surface area contributed by atoms with Crippen LogP contribution in [0.25, 0.3) is 0 Å². The van der Waals surface area contributed by atoms with Gasteiger partial charge in [0.25, 0.3) is 0 Å². The van der Waals surface area contributed by atoms with Crippen molar-refractivity contribution in [2.75, 3.05) is 13.7 Å². The molecule has 0 aliphatic rings. The SMILES string of the molecule is CCC(CC)(CN)C(=O)NC(C)c1c(F)cccc1OC. The van der Waals surface area contributed by atoms with Crippen LogP contribution in [0.2, 0.25) is 0 Å². The molecule has 0 spiro atoms. The molecule has 0 aliphatic carbocycles. The summed E-state index contributed by atoms with van der Waals surface area (Å²) in [5.41, 5.74) is 5.52. The summed E-state index contributed by atoms with van der Waals surface area (Å²) in [7, 11) is 1.48. The summed E-state index contributed by atoms with van der Waals surface area (Å²) >= 11 is 0. The first-order valence-corrected chi connectivity index (χ1v) is 7.29. The number of benzene rings is 1. The standard InChI is InChI=1S/C16H25FN2O2/c1-5-16(6-2,10-18)15(20)19-11(3)14-12(17)8-7-9-13(14)21-4/h7-9,11H,5-6,10,18H2,1-4H3,(H,19,20). The molecule has 1 unspecified atom stereocenters. The molecule has 4 nitrogen and oxygen atoms in total. The van der Waals surface area contributed by atoms with Crippen molar-refractivity contribution in [2.45, 2.75) is 39.7 Å². The average molecular weight is 296 g/mol. The van der Waals surface area contributed by atoms with Gasteiger partial charge in [-0.3, -0.25) is 4.79 Å². The lowest BCUT2D eigenvalue weighted by molar-refractivity contribution is -0.131. The van der Waals surface area contributed by atoms with Crippen LogP contribution in [0.3, 0.4) is 0 Å². The van der Waals surface area contributed by atoms with Crippen molar-refractivity contribution in [3.63, 3.8) is 0 Å². The summed E-state index contributed by atoms with van der Waals surface area (Å²) in [6, 6.07) is 4.12. The molecule has 1 rings (SSSR count). The molecule has 1 aromatic rings. The summed E-state index contributed by atoms with van der Waals surface area (Å²) in [6.45, 7) is 5.88. The molecule has 0 radical (unpaired) electrons. The minimum atomic E-state index is -0.604. The second-order valence-electron chi connectivity index (χ2n) is 5.24. The van der Waals surface area contributed by atoms with Crippen LogP contribution < -0.4 is 15.8 Å². The number of rotatable bonds is 7. The molecule has 5 heteroatoms. The summed E-state index contributed by atoms with van der Waals surface area (Å²) < 4.78 is 19.2. The zero-order chi connectivity index (χ0) is 16.0. The monoisotopic (exact) mass is 296 g/mol. The van der Waals surface area contributed by atoms with Gasteiger partial charge in [0.2, 0.25) is 5.91 Å². The van der Waals surface area contributed by atoms with E-state index in [-0.39, 0.29) is 12.5 Å². The van der Waals surface area contributed by atoms with Gasteiger partial charge in [-0.2, -0.15) is 0 Å². The number of halogens is 1. The second-order valence-corrected chi connectivity index (χ2v) is 5.24. The van der Waals surface area contributed by atoms with Gasteiger partial charge in [0, 0.05) is 6.54 Å². The van der Waals surface area contributed by atoms with Crippen molar-refractivity contribution in [1.82, 2.24) is 5.32 Å². The first-order valence-electron chi connectivity index (χ1n) is 7.29. The fraction of sp³-hybridized carbons (Fsp3) is 0.562. The second kappa shape index (κ2) is 7.41. The van der Waals surface area contributed by atoms with E-state index in [0.29, 0.717) is 24.2 Å². The third kappa shape index (κ3) is 3.53. The average Bonchev–Trinajstić information content (AvgIpc) is 2.49. The summed E-state index contributed by atoms with van der Waals surface area (Å²) in [5, 5.41) is 2.87. The molecule has 21 heavy (non-hydrogen) atoms. The fourth-order valence-corrected chi connectivity index (χ4v) is 2.49. The van der Waals surface area contributed by atoms with E-state index in [9.17, 15) is 9.18 Å². The van der Waals surface area contributed by atoms with E-state index in [1.165, 1.54) is 13.2 Å². The molecule has 1 atom stereocenters. The van der Waals surface area contributed by atoms with Gasteiger partial charge < -0.3 is 15.8 Å². The molecular weight excluding hydrogens is 271 g/mol. The highest BCUT2D eigenvalue weighted by Gasteiger charge is 2.34. The molecule has 118 valence electrons. The Kier molecular flexibility index (Phi) is 6.15. The van der Waals surface area contributed by atoms with Gasteiger partial charge in [-0.25, -0.2) is 4.39 Å². The third-order valence-electron chi connectivity index (χ3n) is 4.24. The van der Waals surface area contributed by atoms with E-state index in [4.69, 9.17) is 10.5 Å². The predicted molar refractivity (Wildman–Crippen MR) is 81.6 cm³/mol. The maximum atomic E-state index is 14.0. The third-order valence-corrected chi connectivity index (χ3v) is 4.24. The molecule has 1 aromatic carbocycles. The molecule has 1 amide bonds. The molecule has 0 heterocycles. The van der Waals surface area contributed by atoms with Crippen LogP contribution in [0.1, 0.15) is 45.2 Å². The summed E-state index contributed by atoms with van der Waals surface area (Å²) in [6.07, 6.45) is 1.29. The van der Waals surface area contributed by atoms with E-state index in [1.54, 1.807) is 19.1 Å². The minimum Gasteiger partial charge on any atom is -0.496 e. The van der Waals surface area contributed by atoms with E-state index >= 15 is 0 Å². The van der Waals surface area contributed by atoms with E-state index in [1.807, 2.05) is 13.8 Å². The number of hydrogen-bond acceptors (Lipinski definition) is 3. The molecule has 0 fully saturated rings. The Labute approximate surface area is 125 Å². The number of nitrogens with one attached hydrogen (secondary N) is 1. The van der Waals surface area contributed by atoms with Gasteiger partial charge in [0.15, 0.2) is 0 Å². The smallest absolute Gasteiger partial charge is 0.227 e. The molecule has 3 N–H and O–H groups in total. The van der Waals surface area contributed by atoms with Crippen LogP contribution in [0, 0.1) is 11.2 Å². The van der Waals surface area contributed by atoms with Crippen LogP contribution in [0.4, 0.5) is 4.39 Å². The maximum Gasteiger partial charge on any atom is 0.227 e. The Bertz CT molecular complexity index is 479. The van der Waals surface area contributed by atoms with Crippen LogP contribution >= 0.6 is 0 Å². The fourth-order valence-electron chi connectivity index (χ4n) is 2.49. The lowest BCUT2D eigenvalue weighted by Gasteiger charge is -2.30. The Morgan fingerprint density at radius 2 is 2.05 bits per heavy atom. The number of carbonyl (C=O) groups excluding carboxylic acids is 1. The summed E-state index contributed by atoms with van der Waals surface area (Å²) in [4.78, 5) is 12.5. The Balaban J connectivity index is 3.01. The minimum absolute atomic E-state index is 0.146. The highest BCUT2D eigenvalue weighted by molar-refractivity contribution is 5.83. The van der Waals surface area contributed by atoms with E-state index < -0.39 is 17.3 Å². The van der Waals surface area contributed by atoms with Gasteiger partial charge in [0.05, 0.1) is 24.1 Å². The van der Waals surface area contributed by atoms with Crippen molar-refractivity contribution >= 4 is 5.91 Å². The molecular formula is C16H25FN2O2. The zero-order valence-electron chi connectivity index (χ0n) is 13.2. The van der Waals surface area contributed by atoms with Crippen LogP contribution in [-0.2, 0) is 4.79 Å². The van der Waals surface area contributed by atoms with Crippen molar-refractivity contribution < 1.29 is 13.9 Å². The van der Waals surface area contributed by atoms with Gasteiger partial charge in [-0.15, -0.1) is 0 Å². The Morgan fingerprint density at radius 1 is 1.43 bits per heavy atom. The highest BCUT2D eigenvalue weighted by atomic mass is 19.1. The van der Waals surface area contributed by atoms with Crippen molar-refractivity contribution in [3.8, 4) is 5.75 Å². The Hall–Kier alpha value is -1.62. The molecule has 0 aliphatic heterocycles. The maximum absolute atomic E-state index is 14.0. The van der Waals surface area contributed by atoms with Crippen LogP contribution in [0.15, 0.2) is 18.2 Å². The molecule has 0 bridgehead atoms. The van der Waals surface area contributed by atoms with Crippen LogP contribution in [-0.4, -0.2) is 19.6 Å². The van der Waals surface area contributed by atoms with Crippen molar-refractivity contribution in [1.29, 1.82) is 0 Å². The van der Waals surface area contributed by atoms with E-state index in [0.717, 1.165) is 0 Å². The first-order chi connectivity index (χ1) is 9.95. The van der Waals surface area contributed by atoms with Crippen molar-refractivity contribution in [2.24, 2.45) is 11.1 Å². The lowest BCUT2D eigenvalue weighted by Crippen LogP contribution is -2.46. The topological polar surface area (TPSA) is 64.4 Å². The number of hydrogen-bond donors (Lipinski definition) is 2. The van der Waals surface area contributed by atoms with E-state index in [2.05, 4.69) is 5.32 Å². The van der Waals surface area contributed by atoms with Gasteiger partial charge in [-0.1, -0.05) is 19.9 Å². The number of methoxy groups -OCH3 is 1.